The van der Waals surface area contributed by atoms with Crippen LogP contribution in [0.1, 0.15) is 30.7 Å². The number of thioether (sulfide) groups is 1. The molecule has 154 valence electrons. The summed E-state index contributed by atoms with van der Waals surface area (Å²) in [6.45, 7) is 6.41. The molecule has 0 atom stereocenters. The normalized spacial score (nSPS) is 14.2. The predicted molar refractivity (Wildman–Crippen MR) is 114 cm³/mol. The van der Waals surface area contributed by atoms with Crippen LogP contribution >= 0.6 is 11.8 Å². The van der Waals surface area contributed by atoms with Crippen molar-refractivity contribution >= 4 is 28.9 Å². The Hall–Kier alpha value is -2.62. The van der Waals surface area contributed by atoms with Crippen LogP contribution in [0.3, 0.4) is 0 Å². The van der Waals surface area contributed by atoms with E-state index in [-0.39, 0.29) is 5.56 Å². The van der Waals surface area contributed by atoms with Gasteiger partial charge in [0, 0.05) is 43.8 Å². The summed E-state index contributed by atoms with van der Waals surface area (Å²) >= 11 is 1.61. The average Bonchev–Trinajstić information content (AvgIpc) is 3.30. The molecule has 3 aromatic rings. The number of aryl methyl sites for hydroxylation is 4. The Morgan fingerprint density at radius 2 is 1.79 bits per heavy atom. The maximum absolute atomic E-state index is 12.6. The summed E-state index contributed by atoms with van der Waals surface area (Å²) in [5, 5.41) is 0.776. The zero-order valence-corrected chi connectivity index (χ0v) is 17.8. The van der Waals surface area contributed by atoms with Crippen molar-refractivity contribution in [1.82, 2.24) is 29.1 Å². The van der Waals surface area contributed by atoms with Crippen molar-refractivity contribution in [2.24, 2.45) is 7.05 Å². The van der Waals surface area contributed by atoms with Crippen LogP contribution in [0.5, 0.6) is 0 Å². The van der Waals surface area contributed by atoms with E-state index in [1.54, 1.807) is 18.8 Å². The Kier molecular flexibility index (Phi) is 5.44. The molecular weight excluding hydrogens is 390 g/mol. The van der Waals surface area contributed by atoms with Gasteiger partial charge in [0.05, 0.1) is 0 Å². The third kappa shape index (κ3) is 3.93. The molecule has 0 saturated carbocycles. The first-order valence-electron chi connectivity index (χ1n) is 9.83. The molecule has 1 N–H and O–H groups in total. The monoisotopic (exact) mass is 415 g/mol. The summed E-state index contributed by atoms with van der Waals surface area (Å²) in [5.74, 6) is 1.60. The molecule has 0 bridgehead atoms. The fourth-order valence-corrected chi connectivity index (χ4v) is 4.61. The fraction of sp³-hybridized carbons (Fsp3) is 0.526. The van der Waals surface area contributed by atoms with Crippen LogP contribution in [0.2, 0.25) is 0 Å². The first-order chi connectivity index (χ1) is 13.9. The Morgan fingerprint density at radius 1 is 1.10 bits per heavy atom. The summed E-state index contributed by atoms with van der Waals surface area (Å²) in [6.07, 6.45) is 3.05. The van der Waals surface area contributed by atoms with Gasteiger partial charge in [-0.3, -0.25) is 14.3 Å². The second-order valence-electron chi connectivity index (χ2n) is 7.38. The van der Waals surface area contributed by atoms with Crippen molar-refractivity contribution in [3.8, 4) is 0 Å². The molecule has 0 aromatic carbocycles. The third-order valence-corrected chi connectivity index (χ3v) is 6.03. The molecule has 29 heavy (non-hydrogen) atoms. The van der Waals surface area contributed by atoms with Gasteiger partial charge in [-0.05, 0) is 39.2 Å². The number of rotatable bonds is 6. The van der Waals surface area contributed by atoms with Gasteiger partial charge in [-0.1, -0.05) is 11.8 Å². The molecule has 0 aliphatic carbocycles. The quantitative estimate of drug-likeness (QED) is 0.371. The van der Waals surface area contributed by atoms with E-state index in [0.717, 1.165) is 60.6 Å². The van der Waals surface area contributed by atoms with Crippen LogP contribution in [0.25, 0.3) is 11.2 Å². The molecule has 1 saturated heterocycles. The molecule has 1 aliphatic heterocycles. The zero-order valence-electron chi connectivity index (χ0n) is 16.9. The maximum Gasteiger partial charge on any atom is 0.329 e. The Balaban J connectivity index is 1.60. The molecule has 4 rings (SSSR count). The largest absolute Gasteiger partial charge is 0.342 e. The number of fused-ring (bicyclic) bond motifs is 1. The molecule has 9 nitrogen and oxygen atoms in total. The second-order valence-corrected chi connectivity index (χ2v) is 8.45. The molecule has 0 radical (unpaired) electrons. The van der Waals surface area contributed by atoms with Gasteiger partial charge in [0.25, 0.3) is 5.56 Å². The van der Waals surface area contributed by atoms with E-state index in [2.05, 4.69) is 24.8 Å². The molecule has 10 heteroatoms. The summed E-state index contributed by atoms with van der Waals surface area (Å²) in [7, 11) is 1.64. The minimum Gasteiger partial charge on any atom is -0.342 e. The lowest BCUT2D eigenvalue weighted by atomic mass is 10.4. The number of nitrogens with zero attached hydrogens (tertiary/aromatic N) is 6. The van der Waals surface area contributed by atoms with Gasteiger partial charge in [-0.25, -0.2) is 14.8 Å². The molecule has 4 heterocycles. The molecule has 3 aromatic heterocycles. The molecule has 0 unspecified atom stereocenters. The lowest BCUT2D eigenvalue weighted by Gasteiger charge is -2.18. The van der Waals surface area contributed by atoms with Gasteiger partial charge in [0.2, 0.25) is 5.95 Å². The summed E-state index contributed by atoms with van der Waals surface area (Å²) < 4.78 is 3.37. The Bertz CT molecular complexity index is 1140. The van der Waals surface area contributed by atoms with Gasteiger partial charge >= 0.3 is 5.69 Å². The Morgan fingerprint density at radius 3 is 2.48 bits per heavy atom. The van der Waals surface area contributed by atoms with Crippen molar-refractivity contribution < 1.29 is 0 Å². The SMILES string of the molecule is Cc1cc(C)nc(SCCCn2c(N3CCCC3)nc3c2c(=O)[nH]c(=O)n3C)n1. The van der Waals surface area contributed by atoms with E-state index in [1.165, 1.54) is 4.57 Å². The smallest absolute Gasteiger partial charge is 0.329 e. The minimum atomic E-state index is -0.442. The van der Waals surface area contributed by atoms with Crippen molar-refractivity contribution in [2.45, 2.75) is 44.8 Å². The number of H-pyrrole nitrogens is 1. The lowest BCUT2D eigenvalue weighted by Crippen LogP contribution is -2.29. The van der Waals surface area contributed by atoms with Crippen LogP contribution in [0, 0.1) is 13.8 Å². The second kappa shape index (κ2) is 8.02. The van der Waals surface area contributed by atoms with E-state index in [0.29, 0.717) is 17.7 Å². The number of aromatic nitrogens is 6. The van der Waals surface area contributed by atoms with E-state index >= 15 is 0 Å². The number of hydrogen-bond donors (Lipinski definition) is 1. The van der Waals surface area contributed by atoms with E-state index in [9.17, 15) is 9.59 Å². The zero-order chi connectivity index (χ0) is 20.5. The molecule has 0 spiro atoms. The van der Waals surface area contributed by atoms with E-state index in [1.807, 2.05) is 24.5 Å². The minimum absolute atomic E-state index is 0.383. The highest BCUT2D eigenvalue weighted by atomic mass is 32.2. The van der Waals surface area contributed by atoms with Crippen LogP contribution in [-0.2, 0) is 13.6 Å². The highest BCUT2D eigenvalue weighted by Crippen LogP contribution is 2.24. The van der Waals surface area contributed by atoms with Crippen LogP contribution in [0.15, 0.2) is 20.8 Å². The third-order valence-electron chi connectivity index (χ3n) is 5.09. The van der Waals surface area contributed by atoms with Crippen LogP contribution in [0.4, 0.5) is 5.95 Å². The van der Waals surface area contributed by atoms with Crippen molar-refractivity contribution in [3.05, 3.63) is 38.3 Å². The van der Waals surface area contributed by atoms with E-state index in [4.69, 9.17) is 0 Å². The van der Waals surface area contributed by atoms with Crippen molar-refractivity contribution in [3.63, 3.8) is 0 Å². The average molecular weight is 416 g/mol. The van der Waals surface area contributed by atoms with Gasteiger partial charge in [-0.2, -0.15) is 4.98 Å². The number of nitrogens with one attached hydrogen (secondary N) is 1. The molecular formula is C19H25N7O2S. The highest BCUT2D eigenvalue weighted by molar-refractivity contribution is 7.99. The van der Waals surface area contributed by atoms with Gasteiger partial charge in [0.1, 0.15) is 0 Å². The summed E-state index contributed by atoms with van der Waals surface area (Å²) in [4.78, 5) is 42.8. The van der Waals surface area contributed by atoms with Crippen molar-refractivity contribution in [1.29, 1.82) is 0 Å². The first-order valence-corrected chi connectivity index (χ1v) is 10.8. The highest BCUT2D eigenvalue weighted by Gasteiger charge is 2.23. The van der Waals surface area contributed by atoms with E-state index < -0.39 is 5.69 Å². The fourth-order valence-electron chi connectivity index (χ4n) is 3.74. The number of aromatic amines is 1. The first kappa shape index (κ1) is 19.7. The summed E-state index contributed by atoms with van der Waals surface area (Å²) in [6, 6.07) is 1.96. The predicted octanol–water partition coefficient (Wildman–Crippen LogP) is 1.61. The van der Waals surface area contributed by atoms with Gasteiger partial charge < -0.3 is 9.47 Å². The molecule has 1 fully saturated rings. The van der Waals surface area contributed by atoms with Crippen LogP contribution in [-0.4, -0.2) is 47.9 Å². The molecule has 1 aliphatic rings. The van der Waals surface area contributed by atoms with Crippen LogP contribution < -0.4 is 16.1 Å². The summed E-state index contributed by atoms with van der Waals surface area (Å²) in [5.41, 5.74) is 2.00. The number of anilines is 1. The number of imidazole rings is 1. The Labute approximate surface area is 172 Å². The van der Waals surface area contributed by atoms with Gasteiger partial charge in [-0.15, -0.1) is 0 Å². The molecule has 0 amide bonds. The standard InChI is InChI=1S/C19H25N7O2S/c1-12-11-13(2)21-17(20-12)29-10-6-9-26-14-15(24(3)19(28)23-16(14)27)22-18(26)25-7-4-5-8-25/h11H,4-10H2,1-3H3,(H,23,27,28). The van der Waals surface area contributed by atoms with Crippen molar-refractivity contribution in [2.75, 3.05) is 23.7 Å². The number of hydrogen-bond acceptors (Lipinski definition) is 7. The maximum atomic E-state index is 12.6. The lowest BCUT2D eigenvalue weighted by molar-refractivity contribution is 0.682. The topological polar surface area (TPSA) is 102 Å². The van der Waals surface area contributed by atoms with Gasteiger partial charge in [0.15, 0.2) is 16.3 Å².